The van der Waals surface area contributed by atoms with Gasteiger partial charge < -0.3 is 14.0 Å². The Balaban J connectivity index is 1.62. The molecule has 0 amide bonds. The molecule has 1 saturated carbocycles. The van der Waals surface area contributed by atoms with Crippen LogP contribution in [0.25, 0.3) is 16.8 Å². The first-order valence-corrected chi connectivity index (χ1v) is 14.1. The van der Waals surface area contributed by atoms with E-state index in [9.17, 15) is 0 Å². The zero-order valence-electron chi connectivity index (χ0n) is 18.1. The number of hydrogen-bond donors (Lipinski definition) is 0. The number of rotatable bonds is 7. The lowest BCUT2D eigenvalue weighted by Crippen LogP contribution is -2.22. The maximum absolute atomic E-state index is 5.94. The summed E-state index contributed by atoms with van der Waals surface area (Å²) in [5.74, 6) is 1.84. The topological polar surface area (TPSA) is 66.5 Å². The van der Waals surface area contributed by atoms with Gasteiger partial charge in [0.05, 0.1) is 25.1 Å². The number of nitrogens with zero attached hydrogens (tertiary/aromatic N) is 5. The van der Waals surface area contributed by atoms with E-state index in [2.05, 4.69) is 56.8 Å². The molecular formula is C21H31N5O2Si. The molecule has 3 aromatic heterocycles. The van der Waals surface area contributed by atoms with E-state index in [4.69, 9.17) is 9.47 Å². The Hall–Kier alpha value is -2.19. The zero-order valence-corrected chi connectivity index (χ0v) is 19.1. The zero-order chi connectivity index (χ0) is 20.6. The second-order valence-corrected chi connectivity index (χ2v) is 15.0. The van der Waals surface area contributed by atoms with Crippen LogP contribution in [0.1, 0.15) is 31.5 Å². The Kier molecular flexibility index (Phi) is 5.48. The highest BCUT2D eigenvalue weighted by molar-refractivity contribution is 6.76. The van der Waals surface area contributed by atoms with Gasteiger partial charge in [-0.3, -0.25) is 4.40 Å². The molecule has 3 aromatic rings. The minimum atomic E-state index is -1.09. The average molecular weight is 414 g/mol. The smallest absolute Gasteiger partial charge is 0.179 e. The Morgan fingerprint density at radius 2 is 2.07 bits per heavy atom. The summed E-state index contributed by atoms with van der Waals surface area (Å²) in [4.78, 5) is 4.64. The van der Waals surface area contributed by atoms with Gasteiger partial charge in [-0.25, -0.2) is 4.98 Å². The molecule has 0 aromatic carbocycles. The van der Waals surface area contributed by atoms with Crippen molar-refractivity contribution in [1.82, 2.24) is 24.1 Å². The Morgan fingerprint density at radius 1 is 1.24 bits per heavy atom. The highest BCUT2D eigenvalue weighted by Gasteiger charge is 2.32. The molecule has 2 atom stereocenters. The van der Waals surface area contributed by atoms with Crippen molar-refractivity contribution in [3.63, 3.8) is 0 Å². The first kappa shape index (κ1) is 20.1. The van der Waals surface area contributed by atoms with Crippen molar-refractivity contribution < 1.29 is 9.47 Å². The molecule has 3 heterocycles. The van der Waals surface area contributed by atoms with Crippen molar-refractivity contribution >= 4 is 24.9 Å². The molecule has 0 spiro atoms. The molecule has 0 aliphatic heterocycles. The summed E-state index contributed by atoms with van der Waals surface area (Å²) in [6.07, 6.45) is 7.73. The third-order valence-corrected chi connectivity index (χ3v) is 7.47. The molecule has 1 fully saturated rings. The lowest BCUT2D eigenvalue weighted by Gasteiger charge is -2.15. The van der Waals surface area contributed by atoms with Gasteiger partial charge in [0.1, 0.15) is 12.6 Å². The number of ether oxygens (including phenoxy) is 2. The largest absolute Gasteiger partial charge is 0.504 e. The first-order chi connectivity index (χ1) is 13.9. The summed E-state index contributed by atoms with van der Waals surface area (Å²) in [7, 11) is 0.624. The Labute approximate surface area is 172 Å². The van der Waals surface area contributed by atoms with Crippen LogP contribution in [-0.2, 0) is 16.2 Å². The fraction of sp³-hybridized carbons (Fsp3) is 0.571. The summed E-state index contributed by atoms with van der Waals surface area (Å²) >= 11 is 0. The maximum Gasteiger partial charge on any atom is 0.179 e. The van der Waals surface area contributed by atoms with Gasteiger partial charge in [-0.05, 0) is 36.4 Å². The predicted molar refractivity (Wildman–Crippen MR) is 117 cm³/mol. The second-order valence-electron chi connectivity index (χ2n) is 9.36. The van der Waals surface area contributed by atoms with Gasteiger partial charge in [-0.2, -0.15) is 0 Å². The van der Waals surface area contributed by atoms with Crippen molar-refractivity contribution in [2.45, 2.75) is 58.1 Å². The maximum atomic E-state index is 5.94. The quantitative estimate of drug-likeness (QED) is 0.325. The molecular weight excluding hydrogens is 382 g/mol. The van der Waals surface area contributed by atoms with Crippen molar-refractivity contribution in [3.8, 4) is 0 Å². The molecule has 8 heteroatoms. The highest BCUT2D eigenvalue weighted by atomic mass is 28.3. The van der Waals surface area contributed by atoms with Crippen molar-refractivity contribution in [3.05, 3.63) is 36.1 Å². The van der Waals surface area contributed by atoms with Crippen molar-refractivity contribution in [2.75, 3.05) is 13.7 Å². The van der Waals surface area contributed by atoms with Gasteiger partial charge in [-0.15, -0.1) is 10.2 Å². The molecule has 156 valence electrons. The van der Waals surface area contributed by atoms with Gasteiger partial charge >= 0.3 is 0 Å². The van der Waals surface area contributed by atoms with Crippen LogP contribution in [0.5, 0.6) is 0 Å². The molecule has 0 N–H and O–H groups in total. The van der Waals surface area contributed by atoms with Crippen LogP contribution >= 0.6 is 0 Å². The van der Waals surface area contributed by atoms with Crippen LogP contribution < -0.4 is 0 Å². The summed E-state index contributed by atoms with van der Waals surface area (Å²) < 4.78 is 15.4. The number of fused-ring (bicyclic) bond motifs is 3. The fourth-order valence-corrected chi connectivity index (χ4v) is 4.90. The van der Waals surface area contributed by atoms with Crippen molar-refractivity contribution in [2.24, 2.45) is 5.92 Å². The minimum Gasteiger partial charge on any atom is -0.504 e. The van der Waals surface area contributed by atoms with E-state index in [1.165, 1.54) is 5.57 Å². The van der Waals surface area contributed by atoms with E-state index < -0.39 is 8.07 Å². The van der Waals surface area contributed by atoms with Gasteiger partial charge in [0.15, 0.2) is 11.3 Å². The highest BCUT2D eigenvalue weighted by Crippen LogP contribution is 2.42. The third-order valence-electron chi connectivity index (χ3n) is 5.77. The average Bonchev–Trinajstić information content (AvgIpc) is 3.34. The normalized spacial score (nSPS) is 21.6. The Morgan fingerprint density at radius 3 is 2.83 bits per heavy atom. The van der Waals surface area contributed by atoms with E-state index in [1.807, 2.05) is 18.7 Å². The lowest BCUT2D eigenvalue weighted by molar-refractivity contribution is 0.0899. The third kappa shape index (κ3) is 4.09. The van der Waals surface area contributed by atoms with Crippen LogP contribution in [0.15, 0.2) is 30.3 Å². The van der Waals surface area contributed by atoms with Crippen LogP contribution in [0.2, 0.25) is 25.7 Å². The fourth-order valence-electron chi connectivity index (χ4n) is 4.14. The summed E-state index contributed by atoms with van der Waals surface area (Å²) in [6.45, 7) is 10.7. The summed E-state index contributed by atoms with van der Waals surface area (Å²) in [5, 5.41) is 8.95. The number of methoxy groups -OCH3 is 1. The molecule has 4 rings (SSSR count). The van der Waals surface area contributed by atoms with Gasteiger partial charge in [0, 0.05) is 26.8 Å². The summed E-state index contributed by atoms with van der Waals surface area (Å²) in [5.41, 5.74) is 4.07. The van der Waals surface area contributed by atoms with E-state index in [1.54, 1.807) is 7.11 Å². The van der Waals surface area contributed by atoms with E-state index in [0.29, 0.717) is 18.6 Å². The predicted octanol–water partition coefficient (Wildman–Crippen LogP) is 4.44. The first-order valence-electron chi connectivity index (χ1n) is 10.3. The molecule has 29 heavy (non-hydrogen) atoms. The molecule has 0 saturated heterocycles. The van der Waals surface area contributed by atoms with Gasteiger partial charge in [0.2, 0.25) is 0 Å². The van der Waals surface area contributed by atoms with Gasteiger partial charge in [0.25, 0.3) is 0 Å². The number of allylic oxidation sites excluding steroid dienone is 1. The van der Waals surface area contributed by atoms with Crippen molar-refractivity contribution in [1.29, 1.82) is 0 Å². The molecule has 1 aliphatic carbocycles. The Bertz CT molecular complexity index is 1030. The number of hydrogen-bond acceptors (Lipinski definition) is 5. The monoisotopic (exact) mass is 413 g/mol. The van der Waals surface area contributed by atoms with E-state index in [-0.39, 0.29) is 0 Å². The second kappa shape index (κ2) is 7.91. The van der Waals surface area contributed by atoms with Crippen LogP contribution in [0.4, 0.5) is 0 Å². The molecule has 7 nitrogen and oxygen atoms in total. The van der Waals surface area contributed by atoms with Crippen LogP contribution in [0, 0.1) is 5.92 Å². The van der Waals surface area contributed by atoms with E-state index >= 15 is 0 Å². The molecule has 0 unspecified atom stereocenters. The van der Waals surface area contributed by atoms with Gasteiger partial charge in [-0.1, -0.05) is 26.6 Å². The molecule has 1 aliphatic rings. The minimum absolute atomic E-state index is 0.327. The lowest BCUT2D eigenvalue weighted by atomic mass is 9.97. The van der Waals surface area contributed by atoms with Crippen LogP contribution in [-0.4, -0.2) is 45.9 Å². The standard InChI is InChI=1S/C21H31N5O2Si/c1-15-10-16(13-27-2)11-17(15)20-24-23-19-12-22-21-18(26(19)20)6-7-25(21)14-28-8-9-29(3,4)5/h6-7,12-13,15,17H,8-11,14H2,1-5H3/t15-,17+/m1/s1. The number of aromatic nitrogens is 5. The SMILES string of the molecule is COC=C1C[C@@H](C)[C@@H](c2nnc3cnc4c(ccn4COCC[Si](C)(C)C)n23)C1. The molecule has 0 bridgehead atoms. The summed E-state index contributed by atoms with van der Waals surface area (Å²) in [6, 6.07) is 3.26. The van der Waals surface area contributed by atoms with Crippen LogP contribution in [0.3, 0.4) is 0 Å². The van der Waals surface area contributed by atoms with E-state index in [0.717, 1.165) is 48.1 Å². The molecule has 0 radical (unpaired) electrons.